The van der Waals surface area contributed by atoms with Crippen molar-refractivity contribution in [2.24, 2.45) is 0 Å². The molecule has 2 aromatic rings. The summed E-state index contributed by atoms with van der Waals surface area (Å²) in [4.78, 5) is 42.8. The van der Waals surface area contributed by atoms with Crippen LogP contribution in [-0.4, -0.2) is 66.2 Å². The van der Waals surface area contributed by atoms with Crippen LogP contribution in [0.15, 0.2) is 60.7 Å². The van der Waals surface area contributed by atoms with Crippen LogP contribution in [0.25, 0.3) is 0 Å². The molecule has 1 saturated carbocycles. The van der Waals surface area contributed by atoms with Crippen molar-refractivity contribution in [1.82, 2.24) is 15.1 Å². The van der Waals surface area contributed by atoms with E-state index in [0.29, 0.717) is 12.0 Å². The van der Waals surface area contributed by atoms with Gasteiger partial charge in [0.15, 0.2) is 15.4 Å². The number of rotatable bonds is 7. The second-order valence-electron chi connectivity index (χ2n) is 9.34. The summed E-state index contributed by atoms with van der Waals surface area (Å²) in [7, 11) is -3.17. The highest BCUT2D eigenvalue weighted by atomic mass is 32.2. The van der Waals surface area contributed by atoms with Gasteiger partial charge in [0.2, 0.25) is 5.91 Å². The monoisotopic (exact) mass is 481 g/mol. The number of carbonyl (C=O) groups excluding carboxylic acids is 3. The Labute approximate surface area is 198 Å². The molecule has 34 heavy (non-hydrogen) atoms. The van der Waals surface area contributed by atoms with Crippen molar-refractivity contribution < 1.29 is 22.8 Å². The lowest BCUT2D eigenvalue weighted by Gasteiger charge is -2.30. The molecule has 2 aliphatic heterocycles. The minimum atomic E-state index is -3.17. The maximum Gasteiger partial charge on any atom is 0.325 e. The van der Waals surface area contributed by atoms with Gasteiger partial charge < -0.3 is 10.2 Å². The lowest BCUT2D eigenvalue weighted by Crippen LogP contribution is -2.50. The molecule has 2 heterocycles. The topological polar surface area (TPSA) is 104 Å². The van der Waals surface area contributed by atoms with Gasteiger partial charge in [0, 0.05) is 18.5 Å². The fourth-order valence-corrected chi connectivity index (χ4v) is 6.79. The zero-order valence-corrected chi connectivity index (χ0v) is 19.5. The van der Waals surface area contributed by atoms with Crippen LogP contribution in [0, 0.1) is 0 Å². The first-order chi connectivity index (χ1) is 16.3. The number of sulfone groups is 1. The summed E-state index contributed by atoms with van der Waals surface area (Å²) in [6, 6.07) is 17.4. The summed E-state index contributed by atoms with van der Waals surface area (Å²) in [6.45, 7) is -0.402. The Balaban J connectivity index is 1.42. The third kappa shape index (κ3) is 4.20. The number of imide groups is 1. The predicted molar refractivity (Wildman–Crippen MR) is 125 cm³/mol. The lowest BCUT2D eigenvalue weighted by atomic mass is 9.83. The summed E-state index contributed by atoms with van der Waals surface area (Å²) < 4.78 is 24.0. The fourth-order valence-electron chi connectivity index (χ4n) is 5.08. The Morgan fingerprint density at radius 2 is 1.62 bits per heavy atom. The van der Waals surface area contributed by atoms with Gasteiger partial charge in [-0.05, 0) is 30.4 Å². The van der Waals surface area contributed by atoms with Gasteiger partial charge in [-0.1, -0.05) is 60.7 Å². The Morgan fingerprint density at radius 1 is 0.971 bits per heavy atom. The molecule has 3 fully saturated rings. The van der Waals surface area contributed by atoms with Crippen LogP contribution < -0.4 is 5.32 Å². The molecule has 2 atom stereocenters. The molecule has 2 aromatic carbocycles. The molecule has 0 aromatic heterocycles. The summed E-state index contributed by atoms with van der Waals surface area (Å²) in [5, 5.41) is 2.87. The van der Waals surface area contributed by atoms with E-state index in [0.717, 1.165) is 23.3 Å². The molecule has 0 spiro atoms. The zero-order valence-electron chi connectivity index (χ0n) is 18.7. The number of benzene rings is 2. The molecule has 1 aliphatic carbocycles. The first-order valence-corrected chi connectivity index (χ1v) is 13.4. The van der Waals surface area contributed by atoms with Crippen LogP contribution in [0.4, 0.5) is 4.79 Å². The standard InChI is InChI=1S/C25H27N3O5S/c29-22(28(20-11-12-20)21-13-14-34(32,33)17-21)16-27-23(30)25(26-24(27)31,19-9-5-2-6-10-19)15-18-7-3-1-4-8-18/h1-10,20-21H,11-17H2,(H,26,31). The van der Waals surface area contributed by atoms with Gasteiger partial charge in [0.25, 0.3) is 5.91 Å². The highest BCUT2D eigenvalue weighted by molar-refractivity contribution is 7.91. The van der Waals surface area contributed by atoms with Crippen molar-refractivity contribution >= 4 is 27.7 Å². The molecule has 2 unspecified atom stereocenters. The minimum absolute atomic E-state index is 0.0187. The summed E-state index contributed by atoms with van der Waals surface area (Å²) in [5.74, 6) is -0.851. The average molecular weight is 482 g/mol. The van der Waals surface area contributed by atoms with E-state index in [9.17, 15) is 22.8 Å². The van der Waals surface area contributed by atoms with Crippen molar-refractivity contribution in [2.45, 2.75) is 43.3 Å². The maximum absolute atomic E-state index is 13.8. The molecule has 4 amide bonds. The molecular weight excluding hydrogens is 454 g/mol. The molecular formula is C25H27N3O5S. The third-order valence-corrected chi connectivity index (χ3v) is 8.63. The predicted octanol–water partition coefficient (Wildman–Crippen LogP) is 1.85. The largest absolute Gasteiger partial charge is 0.334 e. The number of amides is 4. The second-order valence-corrected chi connectivity index (χ2v) is 11.6. The Bertz CT molecular complexity index is 1210. The first-order valence-electron chi connectivity index (χ1n) is 11.5. The third-order valence-electron chi connectivity index (χ3n) is 6.88. The minimum Gasteiger partial charge on any atom is -0.334 e. The SMILES string of the molecule is O=C1NC(Cc2ccccc2)(c2ccccc2)C(=O)N1CC(=O)N(C1CC1)C1CCS(=O)(=O)C1. The van der Waals surface area contributed by atoms with E-state index in [-0.39, 0.29) is 29.9 Å². The van der Waals surface area contributed by atoms with Gasteiger partial charge in [-0.25, -0.2) is 13.2 Å². The van der Waals surface area contributed by atoms with Crippen molar-refractivity contribution in [1.29, 1.82) is 0 Å². The molecule has 1 N–H and O–H groups in total. The molecule has 0 radical (unpaired) electrons. The van der Waals surface area contributed by atoms with Crippen LogP contribution in [0.5, 0.6) is 0 Å². The van der Waals surface area contributed by atoms with E-state index in [1.54, 1.807) is 17.0 Å². The van der Waals surface area contributed by atoms with Crippen LogP contribution >= 0.6 is 0 Å². The zero-order chi connectivity index (χ0) is 23.9. The van der Waals surface area contributed by atoms with Gasteiger partial charge >= 0.3 is 6.03 Å². The molecule has 0 bridgehead atoms. The van der Waals surface area contributed by atoms with E-state index in [4.69, 9.17) is 0 Å². The first kappa shape index (κ1) is 22.6. The smallest absolute Gasteiger partial charge is 0.325 e. The van der Waals surface area contributed by atoms with Crippen molar-refractivity contribution in [2.75, 3.05) is 18.1 Å². The van der Waals surface area contributed by atoms with Crippen LogP contribution in [-0.2, 0) is 31.4 Å². The molecule has 3 aliphatic rings. The van der Waals surface area contributed by atoms with Gasteiger partial charge in [-0.2, -0.15) is 0 Å². The average Bonchev–Trinajstić information content (AvgIpc) is 3.55. The van der Waals surface area contributed by atoms with E-state index < -0.39 is 39.9 Å². The number of nitrogens with one attached hydrogen (secondary N) is 1. The van der Waals surface area contributed by atoms with Crippen LogP contribution in [0.2, 0.25) is 0 Å². The molecule has 8 nitrogen and oxygen atoms in total. The second kappa shape index (κ2) is 8.54. The van der Waals surface area contributed by atoms with E-state index in [1.807, 2.05) is 48.5 Å². The van der Waals surface area contributed by atoms with E-state index in [2.05, 4.69) is 5.32 Å². The molecule has 5 rings (SSSR count). The van der Waals surface area contributed by atoms with Crippen molar-refractivity contribution in [3.8, 4) is 0 Å². The van der Waals surface area contributed by atoms with Crippen LogP contribution in [0.3, 0.4) is 0 Å². The van der Waals surface area contributed by atoms with Crippen molar-refractivity contribution in [3.05, 3.63) is 71.8 Å². The summed E-state index contributed by atoms with van der Waals surface area (Å²) >= 11 is 0. The number of hydrogen-bond acceptors (Lipinski definition) is 5. The normalized spacial score (nSPS) is 25.9. The van der Waals surface area contributed by atoms with E-state index >= 15 is 0 Å². The maximum atomic E-state index is 13.8. The Morgan fingerprint density at radius 3 is 2.21 bits per heavy atom. The van der Waals surface area contributed by atoms with Gasteiger partial charge in [-0.15, -0.1) is 0 Å². The number of hydrogen-bond donors (Lipinski definition) is 1. The van der Waals surface area contributed by atoms with Gasteiger partial charge in [0.05, 0.1) is 11.5 Å². The summed E-state index contributed by atoms with van der Waals surface area (Å²) in [6.07, 6.45) is 2.27. The molecule has 178 valence electrons. The summed E-state index contributed by atoms with van der Waals surface area (Å²) in [5.41, 5.74) is 0.207. The Kier molecular flexibility index (Phi) is 5.67. The molecule has 9 heteroatoms. The van der Waals surface area contributed by atoms with Crippen LogP contribution in [0.1, 0.15) is 30.4 Å². The van der Waals surface area contributed by atoms with Gasteiger partial charge in [-0.3, -0.25) is 14.5 Å². The number of urea groups is 1. The molecule has 2 saturated heterocycles. The highest BCUT2D eigenvalue weighted by Gasteiger charge is 2.53. The van der Waals surface area contributed by atoms with E-state index in [1.165, 1.54) is 0 Å². The van der Waals surface area contributed by atoms with Gasteiger partial charge in [0.1, 0.15) is 6.54 Å². The Hall–Kier alpha value is -3.20. The highest BCUT2D eigenvalue weighted by Crippen LogP contribution is 2.35. The van der Waals surface area contributed by atoms with Crippen molar-refractivity contribution in [3.63, 3.8) is 0 Å². The number of nitrogens with zero attached hydrogens (tertiary/aromatic N) is 2. The lowest BCUT2D eigenvalue weighted by molar-refractivity contribution is -0.140. The number of carbonyl (C=O) groups is 3. The fraction of sp³-hybridized carbons (Fsp3) is 0.400. The quantitative estimate of drug-likeness (QED) is 0.608.